The molecule has 0 saturated carbocycles. The Morgan fingerprint density at radius 2 is 1.90 bits per heavy atom. The van der Waals surface area contributed by atoms with E-state index in [1.165, 1.54) is 17.8 Å². The zero-order chi connectivity index (χ0) is 22.1. The topological polar surface area (TPSA) is 44.0 Å². The molecule has 2 rings (SSSR count). The number of benzene rings is 1. The van der Waals surface area contributed by atoms with E-state index in [2.05, 4.69) is 6.58 Å². The van der Waals surface area contributed by atoms with Gasteiger partial charge in [-0.15, -0.1) is 11.8 Å². The van der Waals surface area contributed by atoms with Gasteiger partial charge in [-0.25, -0.2) is 13.8 Å². The molecule has 0 radical (unpaired) electrons. The van der Waals surface area contributed by atoms with Crippen LogP contribution in [-0.2, 0) is 13.2 Å². The Bertz CT molecular complexity index is 1060. The Morgan fingerprint density at radius 1 is 1.28 bits per heavy atom. The van der Waals surface area contributed by atoms with Crippen molar-refractivity contribution in [2.75, 3.05) is 0 Å². The molecule has 0 aliphatic heterocycles. The van der Waals surface area contributed by atoms with Crippen molar-refractivity contribution >= 4 is 23.4 Å². The molecule has 0 spiro atoms. The van der Waals surface area contributed by atoms with Crippen LogP contribution in [0, 0.1) is 5.82 Å². The van der Waals surface area contributed by atoms with E-state index in [0.717, 1.165) is 31.5 Å². The number of rotatable bonds is 6. The van der Waals surface area contributed by atoms with E-state index in [4.69, 9.17) is 11.6 Å². The van der Waals surface area contributed by atoms with Crippen molar-refractivity contribution in [2.45, 2.75) is 43.0 Å². The van der Waals surface area contributed by atoms with E-state index in [1.807, 2.05) is 13.8 Å². The first-order chi connectivity index (χ1) is 13.4. The van der Waals surface area contributed by atoms with Crippen LogP contribution in [0.15, 0.2) is 44.8 Å². The Hall–Kier alpha value is -2.00. The fourth-order valence-electron chi connectivity index (χ4n) is 2.72. The van der Waals surface area contributed by atoms with Crippen molar-refractivity contribution in [3.8, 4) is 5.69 Å². The van der Waals surface area contributed by atoms with Gasteiger partial charge in [-0.3, -0.25) is 9.36 Å². The molecule has 0 aliphatic carbocycles. The van der Waals surface area contributed by atoms with Gasteiger partial charge >= 0.3 is 11.9 Å². The number of halogens is 5. The highest BCUT2D eigenvalue weighted by Crippen LogP contribution is 2.37. The maximum atomic E-state index is 14.5. The van der Waals surface area contributed by atoms with Crippen LogP contribution in [0.1, 0.15) is 32.4 Å². The van der Waals surface area contributed by atoms with Gasteiger partial charge in [0.25, 0.3) is 5.56 Å². The summed E-state index contributed by atoms with van der Waals surface area (Å²) in [5, 5.41) is 0.0263. The summed E-state index contributed by atoms with van der Waals surface area (Å²) in [6.07, 6.45) is -3.28. The van der Waals surface area contributed by atoms with Crippen molar-refractivity contribution in [3.63, 3.8) is 0 Å². The normalized spacial score (nSPS) is 12.8. The molecule has 0 bridgehead atoms. The van der Waals surface area contributed by atoms with Gasteiger partial charge in [0.2, 0.25) is 0 Å². The second-order valence-corrected chi connectivity index (χ2v) is 8.17. The quantitative estimate of drug-likeness (QED) is 0.346. The molecule has 10 heteroatoms. The van der Waals surface area contributed by atoms with E-state index in [-0.39, 0.29) is 20.9 Å². The minimum atomic E-state index is -4.90. The van der Waals surface area contributed by atoms with E-state index in [9.17, 15) is 27.2 Å². The fourth-order valence-corrected chi connectivity index (χ4v) is 4.22. The predicted molar refractivity (Wildman–Crippen MR) is 107 cm³/mol. The lowest BCUT2D eigenvalue weighted by Crippen LogP contribution is -2.41. The molecule has 1 unspecified atom stereocenters. The van der Waals surface area contributed by atoms with Crippen LogP contribution >= 0.6 is 23.4 Å². The second kappa shape index (κ2) is 8.79. The monoisotopic (exact) mass is 450 g/mol. The smallest absolute Gasteiger partial charge is 0.292 e. The summed E-state index contributed by atoms with van der Waals surface area (Å²) in [5.74, 6) is -0.999. The van der Waals surface area contributed by atoms with Gasteiger partial charge in [-0.05, 0) is 25.5 Å². The van der Waals surface area contributed by atoms with E-state index < -0.39 is 34.6 Å². The summed E-state index contributed by atoms with van der Waals surface area (Å²) in [5.41, 5.74) is -3.62. The molecule has 29 heavy (non-hydrogen) atoms. The molecule has 0 N–H and O–H groups in total. The average molecular weight is 451 g/mol. The highest BCUT2D eigenvalue weighted by molar-refractivity contribution is 8.00. The predicted octanol–water partition coefficient (Wildman–Crippen LogP) is 5.18. The van der Waals surface area contributed by atoms with Gasteiger partial charge in [0.05, 0.1) is 10.7 Å². The minimum absolute atomic E-state index is 0.0389. The van der Waals surface area contributed by atoms with Gasteiger partial charge in [-0.2, -0.15) is 13.2 Å². The molecular weight excluding hydrogens is 432 g/mol. The molecule has 0 fully saturated rings. The van der Waals surface area contributed by atoms with Crippen molar-refractivity contribution in [1.82, 2.24) is 9.13 Å². The lowest BCUT2D eigenvalue weighted by Gasteiger charge is -2.18. The Balaban J connectivity index is 2.68. The molecule has 4 nitrogen and oxygen atoms in total. The second-order valence-electron chi connectivity index (χ2n) is 6.52. The fraction of sp³-hybridized carbons (Fsp3) is 0.368. The van der Waals surface area contributed by atoms with Crippen LogP contribution in [0.25, 0.3) is 5.69 Å². The molecule has 1 aromatic heterocycles. The van der Waals surface area contributed by atoms with Crippen LogP contribution in [0.3, 0.4) is 0 Å². The largest absolute Gasteiger partial charge is 0.431 e. The summed E-state index contributed by atoms with van der Waals surface area (Å²) >= 11 is 7.41. The number of hydrogen-bond acceptors (Lipinski definition) is 3. The number of aromatic nitrogens is 2. The minimum Gasteiger partial charge on any atom is -0.292 e. The van der Waals surface area contributed by atoms with Crippen molar-refractivity contribution in [2.24, 2.45) is 7.05 Å². The summed E-state index contributed by atoms with van der Waals surface area (Å²) in [4.78, 5) is 25.1. The van der Waals surface area contributed by atoms with Gasteiger partial charge in [0, 0.05) is 23.3 Å². The molecule has 0 amide bonds. The molecule has 0 aliphatic rings. The van der Waals surface area contributed by atoms with Crippen LogP contribution in [0.4, 0.5) is 17.6 Å². The van der Waals surface area contributed by atoms with E-state index >= 15 is 0 Å². The van der Waals surface area contributed by atoms with Gasteiger partial charge in [-0.1, -0.05) is 37.1 Å². The zero-order valence-corrected chi connectivity index (χ0v) is 17.5. The standard InChI is InChI=1S/C19H19ClF4N2O2S/c1-5-6-14(10(2)3)29-15-8-13(12(21)7-11(15)20)26-17(27)9-16(19(22,23)24)25(4)18(26)28/h7-9,14H,2,5-6H2,1,3-4H3. The first-order valence-corrected chi connectivity index (χ1v) is 9.86. The SMILES string of the molecule is C=C(C)C(CCC)Sc1cc(-n2c(=O)cc(C(F)(F)F)n(C)c2=O)c(F)cc1Cl. The van der Waals surface area contributed by atoms with E-state index in [0.29, 0.717) is 9.46 Å². The molecule has 2 aromatic rings. The maximum Gasteiger partial charge on any atom is 0.431 e. The number of nitrogens with zero attached hydrogens (tertiary/aromatic N) is 2. The highest BCUT2D eigenvalue weighted by Gasteiger charge is 2.35. The highest BCUT2D eigenvalue weighted by atomic mass is 35.5. The van der Waals surface area contributed by atoms with Crippen molar-refractivity contribution in [1.29, 1.82) is 0 Å². The number of alkyl halides is 3. The average Bonchev–Trinajstić information content (AvgIpc) is 2.60. The van der Waals surface area contributed by atoms with Crippen molar-refractivity contribution in [3.05, 3.63) is 67.7 Å². The van der Waals surface area contributed by atoms with Crippen LogP contribution in [0.5, 0.6) is 0 Å². The molecule has 0 saturated heterocycles. The Kier molecular flexibility index (Phi) is 7.06. The summed E-state index contributed by atoms with van der Waals surface area (Å²) in [6.45, 7) is 7.74. The molecular formula is C19H19ClF4N2O2S. The van der Waals surface area contributed by atoms with Gasteiger partial charge < -0.3 is 0 Å². The molecule has 158 valence electrons. The third-order valence-corrected chi connectivity index (χ3v) is 6.16. The molecule has 1 atom stereocenters. The van der Waals surface area contributed by atoms with Gasteiger partial charge in [0.15, 0.2) is 0 Å². The lowest BCUT2D eigenvalue weighted by atomic mass is 10.1. The summed E-state index contributed by atoms with van der Waals surface area (Å²) < 4.78 is 54.2. The third-order valence-electron chi connectivity index (χ3n) is 4.22. The molecule has 1 heterocycles. The van der Waals surface area contributed by atoms with Crippen LogP contribution in [-0.4, -0.2) is 14.4 Å². The number of hydrogen-bond donors (Lipinski definition) is 0. The first kappa shape index (κ1) is 23.3. The van der Waals surface area contributed by atoms with Crippen LogP contribution in [0.2, 0.25) is 5.02 Å². The summed E-state index contributed by atoms with van der Waals surface area (Å²) in [7, 11) is 0.864. The van der Waals surface area contributed by atoms with Gasteiger partial charge in [0.1, 0.15) is 11.5 Å². The lowest BCUT2D eigenvalue weighted by molar-refractivity contribution is -0.144. The zero-order valence-electron chi connectivity index (χ0n) is 15.9. The summed E-state index contributed by atoms with van der Waals surface area (Å²) in [6, 6.07) is 2.39. The first-order valence-electron chi connectivity index (χ1n) is 8.60. The Morgan fingerprint density at radius 3 is 2.41 bits per heavy atom. The maximum absolute atomic E-state index is 14.5. The third kappa shape index (κ3) is 4.95. The van der Waals surface area contributed by atoms with Crippen LogP contribution < -0.4 is 11.2 Å². The Labute approximate surface area is 173 Å². The van der Waals surface area contributed by atoms with Crippen molar-refractivity contribution < 1.29 is 17.6 Å². The van der Waals surface area contributed by atoms with E-state index in [1.54, 1.807) is 0 Å². The number of thioether (sulfide) groups is 1. The molecule has 1 aromatic carbocycles.